The number of benzene rings is 1. The number of aromatic nitrogens is 1. The second kappa shape index (κ2) is 6.96. The number of hydrogen-bond donors (Lipinski definition) is 0. The van der Waals surface area contributed by atoms with Crippen molar-refractivity contribution in [2.75, 3.05) is 0 Å². The molecule has 1 heterocycles. The summed E-state index contributed by atoms with van der Waals surface area (Å²) in [5.41, 5.74) is 3.89. The molecule has 0 aliphatic heterocycles. The van der Waals surface area contributed by atoms with E-state index in [0.29, 0.717) is 11.3 Å². The summed E-state index contributed by atoms with van der Waals surface area (Å²) in [5, 5.41) is 2.63. The van der Waals surface area contributed by atoms with Gasteiger partial charge in [0.05, 0.1) is 0 Å². The monoisotopic (exact) mass is 385 g/mol. The van der Waals surface area contributed by atoms with Crippen LogP contribution in [0.25, 0.3) is 10.8 Å². The third-order valence-corrected chi connectivity index (χ3v) is 9.66. The van der Waals surface area contributed by atoms with Gasteiger partial charge in [-0.25, -0.2) is 0 Å². The van der Waals surface area contributed by atoms with Crippen molar-refractivity contribution in [2.24, 2.45) is 29.1 Å². The molecule has 1 aromatic heterocycles. The van der Waals surface area contributed by atoms with Gasteiger partial charge in [0.2, 0.25) is 0 Å². The van der Waals surface area contributed by atoms with E-state index in [1.807, 2.05) is 18.0 Å². The van der Waals surface area contributed by atoms with Gasteiger partial charge in [-0.05, 0) is 103 Å². The second-order valence-corrected chi connectivity index (χ2v) is 10.9. The maximum absolute atomic E-state index is 4.37. The lowest BCUT2D eigenvalue weighted by Crippen LogP contribution is -2.36. The third-order valence-electron chi connectivity index (χ3n) is 9.66. The number of fused-ring (bicyclic) bond motifs is 5. The molecule has 6 unspecified atom stereocenters. The molecule has 3 fully saturated rings. The molecule has 0 spiro atoms. The molecular weight excluding hydrogens is 350 g/mol. The first-order valence-corrected chi connectivity index (χ1v) is 12.2. The molecule has 4 aliphatic rings. The molecule has 1 nitrogen and oxygen atoms in total. The Bertz CT molecular complexity index is 942. The number of rotatable bonds is 1. The molecule has 6 rings (SSSR count). The van der Waals surface area contributed by atoms with Crippen molar-refractivity contribution in [2.45, 2.75) is 77.0 Å². The van der Waals surface area contributed by atoms with E-state index in [1.54, 1.807) is 5.56 Å². The standard InChI is InChI=1S/C28H35N/c1-28-14-12-22-16-21-5-3-2-4-19(21)8-9-25(22)27(28)11-10-26(28)23-7-6-20-13-15-29-18-24(20)17-23/h6-7,12-13,15,17-19,21,25-27H,2-5,8-11,14,16H2,1H3. The fourth-order valence-electron chi connectivity index (χ4n) is 8.10. The third kappa shape index (κ3) is 2.91. The number of pyridine rings is 1. The normalized spacial score (nSPS) is 39.2. The van der Waals surface area contributed by atoms with E-state index in [2.05, 4.69) is 42.2 Å². The van der Waals surface area contributed by atoms with E-state index in [-0.39, 0.29) is 0 Å². The van der Waals surface area contributed by atoms with Crippen LogP contribution >= 0.6 is 0 Å². The summed E-state index contributed by atoms with van der Waals surface area (Å²) in [7, 11) is 0. The predicted molar refractivity (Wildman–Crippen MR) is 121 cm³/mol. The molecule has 0 bridgehead atoms. The van der Waals surface area contributed by atoms with Gasteiger partial charge in [-0.2, -0.15) is 0 Å². The Balaban J connectivity index is 1.32. The molecule has 152 valence electrons. The molecule has 0 radical (unpaired) electrons. The molecule has 1 aromatic carbocycles. The Kier molecular flexibility index (Phi) is 4.36. The van der Waals surface area contributed by atoms with Crippen LogP contribution in [0.1, 0.15) is 82.6 Å². The number of hydrogen-bond acceptors (Lipinski definition) is 1. The fourth-order valence-corrected chi connectivity index (χ4v) is 8.10. The van der Waals surface area contributed by atoms with Gasteiger partial charge in [-0.15, -0.1) is 0 Å². The molecule has 1 heteroatoms. The van der Waals surface area contributed by atoms with E-state index in [9.17, 15) is 0 Å². The summed E-state index contributed by atoms with van der Waals surface area (Å²) in [4.78, 5) is 4.37. The molecular formula is C28H35N. The minimum Gasteiger partial charge on any atom is -0.264 e. The first kappa shape index (κ1) is 18.2. The van der Waals surface area contributed by atoms with Gasteiger partial charge >= 0.3 is 0 Å². The average Bonchev–Trinajstić information content (AvgIpc) is 2.99. The molecule has 2 aromatic rings. The molecule has 0 N–H and O–H groups in total. The minimum absolute atomic E-state index is 0.444. The average molecular weight is 386 g/mol. The Morgan fingerprint density at radius 1 is 0.897 bits per heavy atom. The molecule has 3 saturated carbocycles. The molecule has 0 saturated heterocycles. The van der Waals surface area contributed by atoms with E-state index < -0.39 is 0 Å². The van der Waals surface area contributed by atoms with Crippen molar-refractivity contribution < 1.29 is 0 Å². The van der Waals surface area contributed by atoms with Gasteiger partial charge in [0.25, 0.3) is 0 Å². The second-order valence-electron chi connectivity index (χ2n) is 10.9. The van der Waals surface area contributed by atoms with Crippen LogP contribution < -0.4 is 0 Å². The van der Waals surface area contributed by atoms with Crippen LogP contribution in [0, 0.1) is 29.1 Å². The highest BCUT2D eigenvalue weighted by Crippen LogP contribution is 2.63. The van der Waals surface area contributed by atoms with E-state index in [0.717, 1.165) is 23.7 Å². The lowest BCUT2D eigenvalue weighted by molar-refractivity contribution is 0.135. The zero-order valence-corrected chi connectivity index (χ0v) is 17.9. The Morgan fingerprint density at radius 2 is 1.79 bits per heavy atom. The highest BCUT2D eigenvalue weighted by atomic mass is 14.6. The SMILES string of the molecule is CC12CC=C3CC4CCCCC4CCC3C1CCC2c1ccc2ccncc2c1. The smallest absolute Gasteiger partial charge is 0.0346 e. The maximum atomic E-state index is 4.37. The Morgan fingerprint density at radius 3 is 2.72 bits per heavy atom. The van der Waals surface area contributed by atoms with Crippen molar-refractivity contribution in [3.05, 3.63) is 53.9 Å². The lowest BCUT2D eigenvalue weighted by atomic mass is 9.59. The Hall–Kier alpha value is -1.63. The predicted octanol–water partition coefficient (Wildman–Crippen LogP) is 7.67. The maximum Gasteiger partial charge on any atom is 0.0346 e. The fraction of sp³-hybridized carbons (Fsp3) is 0.607. The quantitative estimate of drug-likeness (QED) is 0.459. The van der Waals surface area contributed by atoms with Crippen LogP contribution in [0.4, 0.5) is 0 Å². The van der Waals surface area contributed by atoms with Crippen molar-refractivity contribution in [1.29, 1.82) is 0 Å². The van der Waals surface area contributed by atoms with Crippen LogP contribution in [0.5, 0.6) is 0 Å². The summed E-state index contributed by atoms with van der Waals surface area (Å²) in [6.45, 7) is 2.63. The van der Waals surface area contributed by atoms with E-state index >= 15 is 0 Å². The molecule has 0 amide bonds. The topological polar surface area (TPSA) is 12.9 Å². The van der Waals surface area contributed by atoms with Gasteiger partial charge in [0, 0.05) is 17.8 Å². The van der Waals surface area contributed by atoms with Gasteiger partial charge in [-0.3, -0.25) is 4.98 Å². The number of allylic oxidation sites excluding steroid dienone is 2. The van der Waals surface area contributed by atoms with Crippen LogP contribution in [0.3, 0.4) is 0 Å². The van der Waals surface area contributed by atoms with Gasteiger partial charge < -0.3 is 0 Å². The molecule has 6 atom stereocenters. The van der Waals surface area contributed by atoms with Gasteiger partial charge in [0.1, 0.15) is 0 Å². The first-order valence-electron chi connectivity index (χ1n) is 12.2. The molecule has 29 heavy (non-hydrogen) atoms. The van der Waals surface area contributed by atoms with Gasteiger partial charge in [0.15, 0.2) is 0 Å². The van der Waals surface area contributed by atoms with Crippen molar-refractivity contribution in [1.82, 2.24) is 4.98 Å². The summed E-state index contributed by atoms with van der Waals surface area (Å²) >= 11 is 0. The first-order chi connectivity index (χ1) is 14.2. The lowest BCUT2D eigenvalue weighted by Gasteiger charge is -2.45. The zero-order chi connectivity index (χ0) is 19.4. The van der Waals surface area contributed by atoms with Crippen LogP contribution in [-0.4, -0.2) is 4.98 Å². The minimum atomic E-state index is 0.444. The highest BCUT2D eigenvalue weighted by Gasteiger charge is 2.52. The Labute approximate surface area is 176 Å². The summed E-state index contributed by atoms with van der Waals surface area (Å²) in [6.07, 6.45) is 21.2. The largest absolute Gasteiger partial charge is 0.264 e. The summed E-state index contributed by atoms with van der Waals surface area (Å²) in [5.74, 6) is 4.53. The van der Waals surface area contributed by atoms with E-state index in [4.69, 9.17) is 0 Å². The number of nitrogens with zero attached hydrogens (tertiary/aromatic N) is 1. The van der Waals surface area contributed by atoms with Crippen molar-refractivity contribution in [3.63, 3.8) is 0 Å². The van der Waals surface area contributed by atoms with Crippen LogP contribution in [0.15, 0.2) is 48.3 Å². The highest BCUT2D eigenvalue weighted by molar-refractivity contribution is 5.82. The van der Waals surface area contributed by atoms with E-state index in [1.165, 1.54) is 75.0 Å². The van der Waals surface area contributed by atoms with Crippen LogP contribution in [-0.2, 0) is 0 Å². The van der Waals surface area contributed by atoms with Crippen LogP contribution in [0.2, 0.25) is 0 Å². The molecule has 4 aliphatic carbocycles. The summed E-state index contributed by atoms with van der Waals surface area (Å²) < 4.78 is 0. The van der Waals surface area contributed by atoms with Crippen molar-refractivity contribution >= 4 is 10.8 Å². The van der Waals surface area contributed by atoms with Gasteiger partial charge in [-0.1, -0.05) is 50.0 Å². The van der Waals surface area contributed by atoms with Crippen molar-refractivity contribution in [3.8, 4) is 0 Å². The summed E-state index contributed by atoms with van der Waals surface area (Å²) in [6, 6.07) is 9.32. The zero-order valence-electron chi connectivity index (χ0n) is 17.9.